The first kappa shape index (κ1) is 24.1. The zero-order chi connectivity index (χ0) is 26.1. The summed E-state index contributed by atoms with van der Waals surface area (Å²) in [5, 5.41) is 24.7. The quantitative estimate of drug-likeness (QED) is 0.330. The summed E-state index contributed by atoms with van der Waals surface area (Å²) in [5.74, 6) is -2.03. The lowest BCUT2D eigenvalue weighted by molar-refractivity contribution is -0.133. The van der Waals surface area contributed by atoms with Gasteiger partial charge in [0, 0.05) is 42.4 Å². The van der Waals surface area contributed by atoms with Gasteiger partial charge in [-0.05, 0) is 53.4 Å². The molecule has 9 heteroatoms. The van der Waals surface area contributed by atoms with Crippen molar-refractivity contribution in [3.63, 3.8) is 0 Å². The summed E-state index contributed by atoms with van der Waals surface area (Å²) in [5.41, 5.74) is -1.15. The fraction of sp³-hybridized carbons (Fsp3) is 0.481. The molecule has 0 bridgehead atoms. The molecule has 2 fully saturated rings. The number of phenols is 2. The van der Waals surface area contributed by atoms with Gasteiger partial charge in [-0.25, -0.2) is 0 Å². The molecule has 2 aliphatic carbocycles. The molecule has 1 aromatic carbocycles. The molecule has 1 atom stereocenters. The Morgan fingerprint density at radius 3 is 2.31 bits per heavy atom. The highest BCUT2D eigenvalue weighted by Crippen LogP contribution is 2.57. The van der Waals surface area contributed by atoms with Crippen LogP contribution >= 0.6 is 0 Å². The SMILES string of the molecule is CC(=O)c1c(O)c(C)c(O)c2c1OC1=CC(=O)C(=C(C)NC3CCN(C(=O)C4CC4)CC3)C(=O)C12C. The van der Waals surface area contributed by atoms with E-state index in [-0.39, 0.29) is 57.4 Å². The molecule has 0 aromatic heterocycles. The van der Waals surface area contributed by atoms with Gasteiger partial charge in [0.2, 0.25) is 5.91 Å². The zero-order valence-corrected chi connectivity index (χ0v) is 20.9. The third-order valence-corrected chi connectivity index (χ3v) is 7.91. The van der Waals surface area contributed by atoms with Gasteiger partial charge in [0.15, 0.2) is 17.3 Å². The van der Waals surface area contributed by atoms with Gasteiger partial charge >= 0.3 is 0 Å². The summed E-state index contributed by atoms with van der Waals surface area (Å²) in [6.45, 7) is 7.19. The Hall–Kier alpha value is -3.62. The molecule has 1 saturated carbocycles. The van der Waals surface area contributed by atoms with E-state index in [4.69, 9.17) is 4.74 Å². The van der Waals surface area contributed by atoms with E-state index in [9.17, 15) is 29.4 Å². The van der Waals surface area contributed by atoms with Crippen LogP contribution in [0.2, 0.25) is 0 Å². The number of ketones is 3. The number of hydrogen-bond donors (Lipinski definition) is 3. The number of rotatable bonds is 4. The first-order valence-corrected chi connectivity index (χ1v) is 12.3. The van der Waals surface area contributed by atoms with Crippen LogP contribution in [0.1, 0.15) is 67.9 Å². The van der Waals surface area contributed by atoms with E-state index in [1.165, 1.54) is 19.9 Å². The molecular formula is C27H30N2O7. The van der Waals surface area contributed by atoms with Gasteiger partial charge < -0.3 is 25.2 Å². The number of nitrogens with one attached hydrogen (secondary N) is 1. The Labute approximate surface area is 208 Å². The predicted molar refractivity (Wildman–Crippen MR) is 129 cm³/mol. The standard InChI is InChI=1S/C27H30N2O7/c1-12-22(32)20(14(3)30)24-21(23(12)33)27(4)18(36-24)11-17(31)19(25(27)34)13(2)28-16-7-9-29(10-8-16)26(35)15-5-6-15/h11,15-16,28,32-33H,5-10H2,1-4H3. The summed E-state index contributed by atoms with van der Waals surface area (Å²) in [6.07, 6.45) is 4.56. The summed E-state index contributed by atoms with van der Waals surface area (Å²) in [6, 6.07) is 0.00330. The summed E-state index contributed by atoms with van der Waals surface area (Å²) in [4.78, 5) is 53.5. The normalized spacial score (nSPS) is 25.1. The second-order valence-corrected chi connectivity index (χ2v) is 10.4. The van der Waals surface area contributed by atoms with Crippen molar-refractivity contribution in [1.82, 2.24) is 10.2 Å². The molecule has 0 spiro atoms. The molecule has 4 aliphatic rings. The van der Waals surface area contributed by atoms with E-state index in [1.54, 1.807) is 13.8 Å². The Kier molecular flexibility index (Phi) is 5.50. The minimum absolute atomic E-state index is 0.00330. The lowest BCUT2D eigenvalue weighted by Crippen LogP contribution is -2.46. The number of amides is 1. The number of aromatic hydroxyl groups is 2. The van der Waals surface area contributed by atoms with Crippen LogP contribution in [0, 0.1) is 12.8 Å². The number of carbonyl (C=O) groups excluding carboxylic acids is 4. The van der Waals surface area contributed by atoms with E-state index < -0.39 is 28.5 Å². The predicted octanol–water partition coefficient (Wildman–Crippen LogP) is 2.56. The number of Topliss-reactive ketones (excluding diaryl/α,β-unsaturated/α-hetero) is 2. The molecule has 36 heavy (non-hydrogen) atoms. The maximum atomic E-state index is 13.9. The summed E-state index contributed by atoms with van der Waals surface area (Å²) in [7, 11) is 0. The summed E-state index contributed by atoms with van der Waals surface area (Å²) >= 11 is 0. The molecule has 9 nitrogen and oxygen atoms in total. The van der Waals surface area contributed by atoms with Gasteiger partial charge in [-0.1, -0.05) is 0 Å². The van der Waals surface area contributed by atoms with Crippen molar-refractivity contribution < 1.29 is 34.1 Å². The van der Waals surface area contributed by atoms with Crippen molar-refractivity contribution in [2.24, 2.45) is 5.92 Å². The topological polar surface area (TPSA) is 133 Å². The highest BCUT2D eigenvalue weighted by molar-refractivity contribution is 6.31. The van der Waals surface area contributed by atoms with Crippen LogP contribution in [0.5, 0.6) is 17.2 Å². The number of fused-ring (bicyclic) bond motifs is 3. The number of hydrogen-bond acceptors (Lipinski definition) is 8. The van der Waals surface area contributed by atoms with E-state index >= 15 is 0 Å². The second kappa shape index (κ2) is 8.21. The average Bonchev–Trinajstić information content (AvgIpc) is 3.62. The number of piperidine rings is 1. The Morgan fingerprint density at radius 1 is 1.08 bits per heavy atom. The molecule has 3 N–H and O–H groups in total. The Morgan fingerprint density at radius 2 is 1.72 bits per heavy atom. The van der Waals surface area contributed by atoms with Gasteiger partial charge in [0.1, 0.15) is 34.0 Å². The highest BCUT2D eigenvalue weighted by atomic mass is 16.5. The van der Waals surface area contributed by atoms with Crippen LogP contribution in [-0.4, -0.2) is 57.5 Å². The number of likely N-dealkylation sites (tertiary alicyclic amines) is 1. The van der Waals surface area contributed by atoms with Gasteiger partial charge in [0.25, 0.3) is 0 Å². The van der Waals surface area contributed by atoms with E-state index in [0.717, 1.165) is 12.8 Å². The largest absolute Gasteiger partial charge is 0.507 e. The van der Waals surface area contributed by atoms with Crippen molar-refractivity contribution >= 4 is 23.3 Å². The molecule has 1 aromatic rings. The van der Waals surface area contributed by atoms with Crippen molar-refractivity contribution in [2.75, 3.05) is 13.1 Å². The first-order valence-electron chi connectivity index (χ1n) is 12.3. The molecule has 1 amide bonds. The monoisotopic (exact) mass is 494 g/mol. The van der Waals surface area contributed by atoms with Gasteiger partial charge in [-0.3, -0.25) is 19.2 Å². The number of nitrogens with zero attached hydrogens (tertiary/aromatic N) is 1. The van der Waals surface area contributed by atoms with Crippen LogP contribution in [-0.2, 0) is 19.8 Å². The molecule has 1 saturated heterocycles. The smallest absolute Gasteiger partial charge is 0.225 e. The number of ether oxygens (including phenoxy) is 1. The molecule has 1 unspecified atom stereocenters. The maximum Gasteiger partial charge on any atom is 0.225 e. The van der Waals surface area contributed by atoms with Crippen LogP contribution in [0.3, 0.4) is 0 Å². The van der Waals surface area contributed by atoms with Gasteiger partial charge in [0.05, 0.1) is 11.1 Å². The van der Waals surface area contributed by atoms with Crippen molar-refractivity contribution in [1.29, 1.82) is 0 Å². The number of allylic oxidation sites excluding steroid dienone is 4. The number of benzene rings is 1. The molecule has 2 aliphatic heterocycles. The third kappa shape index (κ3) is 3.43. The van der Waals surface area contributed by atoms with E-state index in [2.05, 4.69) is 5.32 Å². The van der Waals surface area contributed by atoms with Gasteiger partial charge in [-0.15, -0.1) is 0 Å². The fourth-order valence-corrected chi connectivity index (χ4v) is 5.57. The average molecular weight is 495 g/mol. The van der Waals surface area contributed by atoms with Crippen LogP contribution < -0.4 is 10.1 Å². The minimum atomic E-state index is -1.53. The Balaban J connectivity index is 1.47. The van der Waals surface area contributed by atoms with Crippen LogP contribution in [0.15, 0.2) is 23.1 Å². The van der Waals surface area contributed by atoms with E-state index in [0.29, 0.717) is 31.6 Å². The van der Waals surface area contributed by atoms with Crippen molar-refractivity contribution in [2.45, 2.75) is 64.8 Å². The molecule has 190 valence electrons. The lowest BCUT2D eigenvalue weighted by Gasteiger charge is -2.34. The molecule has 2 heterocycles. The lowest BCUT2D eigenvalue weighted by atomic mass is 9.70. The van der Waals surface area contributed by atoms with Gasteiger partial charge in [-0.2, -0.15) is 0 Å². The number of phenolic OH excluding ortho intramolecular Hbond substituents is 2. The van der Waals surface area contributed by atoms with Crippen LogP contribution in [0.4, 0.5) is 0 Å². The fourth-order valence-electron chi connectivity index (χ4n) is 5.57. The third-order valence-electron chi connectivity index (χ3n) is 7.91. The zero-order valence-electron chi connectivity index (χ0n) is 20.9. The maximum absolute atomic E-state index is 13.9. The molecule has 5 rings (SSSR count). The van der Waals surface area contributed by atoms with Crippen molar-refractivity contribution in [3.8, 4) is 17.2 Å². The summed E-state index contributed by atoms with van der Waals surface area (Å²) < 4.78 is 5.80. The van der Waals surface area contributed by atoms with E-state index in [1.807, 2.05) is 4.90 Å². The molecule has 0 radical (unpaired) electrons. The van der Waals surface area contributed by atoms with Crippen molar-refractivity contribution in [3.05, 3.63) is 39.8 Å². The van der Waals surface area contributed by atoms with Crippen LogP contribution in [0.25, 0.3) is 0 Å². The first-order chi connectivity index (χ1) is 17.0. The highest BCUT2D eigenvalue weighted by Gasteiger charge is 2.56. The minimum Gasteiger partial charge on any atom is -0.507 e. The second-order valence-electron chi connectivity index (χ2n) is 10.4. The Bertz CT molecular complexity index is 1300. The number of carbonyl (C=O) groups is 4. The molecular weight excluding hydrogens is 464 g/mol.